The molecule has 1 aliphatic heterocycles. The number of benzene rings is 1. The molecule has 0 bridgehead atoms. The van der Waals surface area contributed by atoms with Gasteiger partial charge in [0.25, 0.3) is 5.91 Å². The summed E-state index contributed by atoms with van der Waals surface area (Å²) in [4.78, 5) is 40.9. The van der Waals surface area contributed by atoms with Crippen LogP contribution in [-0.2, 0) is 35.5 Å². The van der Waals surface area contributed by atoms with Gasteiger partial charge in [0.1, 0.15) is 18.1 Å². The number of hydrogen-bond donors (Lipinski definition) is 3. The number of anilines is 1. The van der Waals surface area contributed by atoms with Gasteiger partial charge in [-0.3, -0.25) is 19.1 Å². The fourth-order valence-corrected chi connectivity index (χ4v) is 6.38. The van der Waals surface area contributed by atoms with Gasteiger partial charge in [0.05, 0.1) is 17.0 Å². The van der Waals surface area contributed by atoms with Crippen LogP contribution >= 0.6 is 11.3 Å². The van der Waals surface area contributed by atoms with Gasteiger partial charge < -0.3 is 15.3 Å². The van der Waals surface area contributed by atoms with Gasteiger partial charge >= 0.3 is 10.4 Å². The Morgan fingerprint density at radius 1 is 1.26 bits per heavy atom. The van der Waals surface area contributed by atoms with Crippen LogP contribution in [0.15, 0.2) is 40.9 Å². The summed E-state index contributed by atoms with van der Waals surface area (Å²) in [5.41, 5.74) is 6.32. The number of H-pyrrole nitrogens is 1. The number of oxime groups is 1. The van der Waals surface area contributed by atoms with Crippen molar-refractivity contribution in [3.05, 3.63) is 52.9 Å². The van der Waals surface area contributed by atoms with Gasteiger partial charge in [-0.1, -0.05) is 35.7 Å². The van der Waals surface area contributed by atoms with E-state index in [0.717, 1.165) is 34.4 Å². The molecule has 1 unspecified atom stereocenters. The number of Topliss-reactive ketones (excluding diaryl/α,β-unsaturated/α-hetero) is 1. The molecule has 47 heavy (non-hydrogen) atoms. The van der Waals surface area contributed by atoms with Crippen molar-refractivity contribution in [3.63, 3.8) is 0 Å². The van der Waals surface area contributed by atoms with Crippen molar-refractivity contribution in [1.29, 1.82) is 0 Å². The lowest BCUT2D eigenvalue weighted by molar-refractivity contribution is -0.228. The van der Waals surface area contributed by atoms with Crippen molar-refractivity contribution in [2.45, 2.75) is 57.6 Å². The van der Waals surface area contributed by atoms with Gasteiger partial charge in [-0.15, -0.1) is 25.8 Å². The van der Waals surface area contributed by atoms with E-state index >= 15 is 0 Å². The standard InChI is InChI=1S/C28H31N9O8S2/c1-28(2)19(26(39)37(28)45-47(40,41)42)12-22(38)24(21-14-46-27(29)31-21)34-44-23(25-32-35-36-33-25)13-43-18-8-9-20-16(11-18)6-7-17(30-20)10-15-4-3-5-15/h6-9,11,14-15,19,23H,3-5,10,12-13H2,1-2H3,(H2,29,31)(H,40,41,42)(H,32,33,35,36)/b34-24-/t19?,23-/m0/s1. The van der Waals surface area contributed by atoms with Gasteiger partial charge in [-0.2, -0.15) is 18.7 Å². The third kappa shape index (κ3) is 7.22. The summed E-state index contributed by atoms with van der Waals surface area (Å²) in [6.45, 7) is 2.83. The maximum atomic E-state index is 13.5. The third-order valence-electron chi connectivity index (χ3n) is 8.22. The second kappa shape index (κ2) is 12.9. The number of pyridine rings is 1. The molecular formula is C28H31N9O8S2. The van der Waals surface area contributed by atoms with E-state index in [1.165, 1.54) is 38.5 Å². The largest absolute Gasteiger partial charge is 0.489 e. The molecule has 1 aromatic carbocycles. The zero-order valence-corrected chi connectivity index (χ0v) is 26.9. The molecule has 4 N–H and O–H groups in total. The van der Waals surface area contributed by atoms with Gasteiger partial charge in [0.2, 0.25) is 11.9 Å². The Kier molecular flexibility index (Phi) is 8.88. The molecule has 2 atom stereocenters. The zero-order chi connectivity index (χ0) is 33.3. The number of nitrogens with two attached hydrogens (primary N) is 1. The van der Waals surface area contributed by atoms with Gasteiger partial charge in [-0.05, 0) is 50.5 Å². The number of thiazole rings is 1. The fourth-order valence-electron chi connectivity index (χ4n) is 5.37. The number of nitrogens with one attached hydrogen (secondary N) is 1. The monoisotopic (exact) mass is 685 g/mol. The van der Waals surface area contributed by atoms with E-state index in [1.54, 1.807) is 6.07 Å². The van der Waals surface area contributed by atoms with Crippen molar-refractivity contribution >= 4 is 55.2 Å². The Morgan fingerprint density at radius 3 is 2.70 bits per heavy atom. The first kappa shape index (κ1) is 32.4. The number of hydroxylamine groups is 2. The number of ether oxygens (including phenoxy) is 1. The van der Waals surface area contributed by atoms with E-state index in [9.17, 15) is 18.0 Å². The molecule has 0 radical (unpaired) electrons. The van der Waals surface area contributed by atoms with Crippen molar-refractivity contribution in [2.75, 3.05) is 12.3 Å². The molecule has 3 aromatic heterocycles. The van der Waals surface area contributed by atoms with Gasteiger partial charge in [0.15, 0.2) is 16.6 Å². The van der Waals surface area contributed by atoms with Crippen LogP contribution in [0.3, 0.4) is 0 Å². The molecule has 248 valence electrons. The van der Waals surface area contributed by atoms with Crippen LogP contribution in [0.1, 0.15) is 62.8 Å². The highest BCUT2D eigenvalue weighted by atomic mass is 32.3. The summed E-state index contributed by atoms with van der Waals surface area (Å²) in [7, 11) is -4.96. The second-order valence-electron chi connectivity index (χ2n) is 11.8. The van der Waals surface area contributed by atoms with E-state index in [4.69, 9.17) is 24.8 Å². The highest BCUT2D eigenvalue weighted by Gasteiger charge is 2.57. The lowest BCUT2D eigenvalue weighted by Gasteiger charge is -2.50. The number of amides is 1. The molecule has 1 saturated heterocycles. The van der Waals surface area contributed by atoms with Crippen LogP contribution in [0, 0.1) is 11.8 Å². The van der Waals surface area contributed by atoms with Crippen molar-refractivity contribution in [1.82, 2.24) is 35.7 Å². The molecule has 1 amide bonds. The molecule has 17 nitrogen and oxygen atoms in total. The fraction of sp³-hybridized carbons (Fsp3) is 0.429. The third-order valence-corrected chi connectivity index (χ3v) is 9.24. The topological polar surface area (TPSA) is 238 Å². The van der Waals surface area contributed by atoms with E-state index < -0.39 is 46.1 Å². The Morgan fingerprint density at radius 2 is 2.06 bits per heavy atom. The van der Waals surface area contributed by atoms with Crippen LogP contribution < -0.4 is 10.5 Å². The Labute approximate surface area is 272 Å². The minimum Gasteiger partial charge on any atom is -0.489 e. The number of rotatable bonds is 14. The van der Waals surface area contributed by atoms with E-state index in [-0.39, 0.29) is 29.0 Å². The average Bonchev–Trinajstić information content (AvgIpc) is 3.70. The predicted octanol–water partition coefficient (Wildman–Crippen LogP) is 2.60. The molecule has 6 rings (SSSR count). The van der Waals surface area contributed by atoms with Crippen LogP contribution in [0.4, 0.5) is 5.13 Å². The number of nitrogens with zero attached hydrogens (tertiary/aromatic N) is 7. The molecule has 0 spiro atoms. The summed E-state index contributed by atoms with van der Waals surface area (Å²) in [6.07, 6.45) is 3.32. The second-order valence-corrected chi connectivity index (χ2v) is 13.7. The maximum Gasteiger partial charge on any atom is 0.418 e. The minimum absolute atomic E-state index is 0.0924. The first-order valence-electron chi connectivity index (χ1n) is 14.6. The summed E-state index contributed by atoms with van der Waals surface area (Å²) in [5.74, 6) is -1.16. The molecule has 1 aliphatic carbocycles. The van der Waals surface area contributed by atoms with Crippen molar-refractivity contribution in [2.24, 2.45) is 17.0 Å². The summed E-state index contributed by atoms with van der Waals surface area (Å²) in [6, 6.07) is 9.57. The SMILES string of the molecule is CC1(C)C(CC(=O)/C(=N\O[C@@H](COc2ccc3nc(CC4CCC4)ccc3c2)c2nn[nH]n2)c2csc(N)n2)C(=O)N1OS(=O)(=O)O. The molecule has 4 aromatic rings. The highest BCUT2D eigenvalue weighted by molar-refractivity contribution is 7.80. The smallest absolute Gasteiger partial charge is 0.418 e. The van der Waals surface area contributed by atoms with Crippen LogP contribution in [-0.4, -0.2) is 78.2 Å². The average molecular weight is 686 g/mol. The molecule has 19 heteroatoms. The number of nitrogen functional groups attached to an aromatic ring is 1. The number of aromatic amines is 1. The number of fused-ring (bicyclic) bond motifs is 1. The van der Waals surface area contributed by atoms with E-state index in [1.807, 2.05) is 24.3 Å². The quantitative estimate of drug-likeness (QED) is 0.0749. The van der Waals surface area contributed by atoms with Gasteiger partial charge in [0, 0.05) is 22.9 Å². The van der Waals surface area contributed by atoms with E-state index in [0.29, 0.717) is 16.7 Å². The number of aromatic nitrogens is 6. The maximum absolute atomic E-state index is 13.5. The Balaban J connectivity index is 1.18. The molecule has 1 saturated carbocycles. The predicted molar refractivity (Wildman–Crippen MR) is 166 cm³/mol. The number of β-lactam (4-membered cyclic amide) rings is 1. The lowest BCUT2D eigenvalue weighted by atomic mass is 9.74. The normalized spacial score (nSPS) is 18.9. The highest BCUT2D eigenvalue weighted by Crippen LogP contribution is 2.41. The lowest BCUT2D eigenvalue weighted by Crippen LogP contribution is -2.68. The molecule has 2 aliphatic rings. The number of hydrogen-bond acceptors (Lipinski definition) is 15. The number of tetrazole rings is 1. The summed E-state index contributed by atoms with van der Waals surface area (Å²) < 4.78 is 41.8. The van der Waals surface area contributed by atoms with Gasteiger partial charge in [-0.25, -0.2) is 4.98 Å². The number of carbonyl (C=O) groups excluding carboxylic acids is 2. The summed E-state index contributed by atoms with van der Waals surface area (Å²) >= 11 is 1.06. The first-order chi connectivity index (χ1) is 22.4. The molecular weight excluding hydrogens is 654 g/mol. The summed E-state index contributed by atoms with van der Waals surface area (Å²) in [5, 5.41) is 21.0. The van der Waals surface area contributed by atoms with Crippen LogP contribution in [0.25, 0.3) is 10.9 Å². The Hall–Kier alpha value is -4.59. The molecule has 4 heterocycles. The Bertz CT molecular complexity index is 1930. The van der Waals surface area contributed by atoms with E-state index in [2.05, 4.69) is 35.0 Å². The van der Waals surface area contributed by atoms with Crippen LogP contribution in [0.5, 0.6) is 5.75 Å². The molecule has 2 fully saturated rings. The van der Waals surface area contributed by atoms with Crippen LogP contribution in [0.2, 0.25) is 0 Å². The number of ketones is 1. The number of carbonyl (C=O) groups is 2. The van der Waals surface area contributed by atoms with Crippen molar-refractivity contribution in [3.8, 4) is 5.75 Å². The van der Waals surface area contributed by atoms with Crippen molar-refractivity contribution < 1.29 is 36.4 Å². The first-order valence-corrected chi connectivity index (χ1v) is 16.9. The zero-order valence-electron chi connectivity index (χ0n) is 25.3. The minimum atomic E-state index is -4.96.